The number of hydrogen-bond acceptors (Lipinski definition) is 5. The number of aryl methyl sites for hydroxylation is 1. The van der Waals surface area contributed by atoms with E-state index in [-0.39, 0.29) is 5.69 Å². The summed E-state index contributed by atoms with van der Waals surface area (Å²) < 4.78 is 5.16. The number of ether oxygens (including phenoxy) is 1. The first kappa shape index (κ1) is 12.8. The van der Waals surface area contributed by atoms with Gasteiger partial charge in [-0.3, -0.25) is 4.79 Å². The van der Waals surface area contributed by atoms with Crippen LogP contribution in [0.5, 0.6) is 5.75 Å². The fraction of sp³-hybridized carbons (Fsp3) is 0.154. The average molecular weight is 258 g/mol. The molecular formula is C13H14N4O2. The first-order valence-corrected chi connectivity index (χ1v) is 5.64. The monoisotopic (exact) mass is 258 g/mol. The molecule has 98 valence electrons. The van der Waals surface area contributed by atoms with E-state index in [4.69, 9.17) is 10.5 Å². The van der Waals surface area contributed by atoms with Crippen molar-refractivity contribution in [2.45, 2.75) is 6.92 Å². The fourth-order valence-electron chi connectivity index (χ4n) is 1.66. The first-order valence-electron chi connectivity index (χ1n) is 5.64. The third kappa shape index (κ3) is 2.98. The summed E-state index contributed by atoms with van der Waals surface area (Å²) in [7, 11) is 1.58. The van der Waals surface area contributed by atoms with Crippen molar-refractivity contribution in [1.82, 2.24) is 9.97 Å². The summed E-state index contributed by atoms with van der Waals surface area (Å²) in [6.45, 7) is 1.85. The SMILES string of the molecule is COc1cc(C)nc(Nc2cccnc2C(N)=O)c1. The highest BCUT2D eigenvalue weighted by Crippen LogP contribution is 2.22. The molecule has 0 unspecified atom stereocenters. The molecule has 2 rings (SSSR count). The molecule has 6 nitrogen and oxygen atoms in total. The van der Waals surface area contributed by atoms with Crippen LogP contribution in [0.15, 0.2) is 30.5 Å². The molecule has 0 bridgehead atoms. The van der Waals surface area contributed by atoms with E-state index in [9.17, 15) is 4.79 Å². The van der Waals surface area contributed by atoms with Crippen molar-refractivity contribution in [1.29, 1.82) is 0 Å². The third-order valence-corrected chi connectivity index (χ3v) is 2.47. The summed E-state index contributed by atoms with van der Waals surface area (Å²) in [6.07, 6.45) is 1.51. The molecule has 0 aromatic carbocycles. The Kier molecular flexibility index (Phi) is 3.61. The van der Waals surface area contributed by atoms with Gasteiger partial charge < -0.3 is 15.8 Å². The molecule has 19 heavy (non-hydrogen) atoms. The lowest BCUT2D eigenvalue weighted by molar-refractivity contribution is 0.0996. The summed E-state index contributed by atoms with van der Waals surface area (Å²) in [6, 6.07) is 6.96. The second-order valence-corrected chi connectivity index (χ2v) is 3.92. The van der Waals surface area contributed by atoms with E-state index in [0.717, 1.165) is 5.69 Å². The van der Waals surface area contributed by atoms with Crippen LogP contribution >= 0.6 is 0 Å². The molecule has 0 spiro atoms. The summed E-state index contributed by atoms with van der Waals surface area (Å²) in [4.78, 5) is 19.5. The molecule has 2 heterocycles. The number of aromatic nitrogens is 2. The minimum atomic E-state index is -0.595. The standard InChI is InChI=1S/C13H14N4O2/c1-8-6-9(19-2)7-11(16-8)17-10-4-3-5-15-12(10)13(14)18/h3-7H,1-2H3,(H2,14,18)(H,16,17). The highest BCUT2D eigenvalue weighted by Gasteiger charge is 2.10. The van der Waals surface area contributed by atoms with Crippen molar-refractivity contribution in [2.24, 2.45) is 5.73 Å². The van der Waals surface area contributed by atoms with Gasteiger partial charge in [-0.15, -0.1) is 0 Å². The molecule has 3 N–H and O–H groups in total. The van der Waals surface area contributed by atoms with E-state index in [1.165, 1.54) is 6.20 Å². The van der Waals surface area contributed by atoms with Crippen LogP contribution in [0.2, 0.25) is 0 Å². The lowest BCUT2D eigenvalue weighted by Gasteiger charge is -2.10. The molecule has 0 saturated carbocycles. The zero-order valence-corrected chi connectivity index (χ0v) is 10.7. The number of rotatable bonds is 4. The maximum absolute atomic E-state index is 11.3. The van der Waals surface area contributed by atoms with Crippen LogP contribution in [-0.2, 0) is 0 Å². The Balaban J connectivity index is 2.36. The molecule has 2 aromatic heterocycles. The first-order chi connectivity index (χ1) is 9.10. The van der Waals surface area contributed by atoms with Crippen LogP contribution in [0.25, 0.3) is 0 Å². The molecule has 0 atom stereocenters. The Bertz CT molecular complexity index is 613. The number of primary amides is 1. The lowest BCUT2D eigenvalue weighted by Crippen LogP contribution is -2.15. The van der Waals surface area contributed by atoms with Crippen LogP contribution in [-0.4, -0.2) is 23.0 Å². The largest absolute Gasteiger partial charge is 0.497 e. The van der Waals surface area contributed by atoms with Crippen molar-refractivity contribution in [3.05, 3.63) is 41.9 Å². The number of methoxy groups -OCH3 is 1. The zero-order chi connectivity index (χ0) is 13.8. The molecule has 1 amide bonds. The summed E-state index contributed by atoms with van der Waals surface area (Å²) in [5.74, 6) is 0.648. The van der Waals surface area contributed by atoms with Crippen molar-refractivity contribution < 1.29 is 9.53 Å². The molecule has 0 aliphatic rings. The zero-order valence-electron chi connectivity index (χ0n) is 10.7. The van der Waals surface area contributed by atoms with Crippen molar-refractivity contribution in [3.8, 4) is 5.75 Å². The van der Waals surface area contributed by atoms with Crippen LogP contribution in [0.4, 0.5) is 11.5 Å². The predicted molar refractivity (Wildman–Crippen MR) is 71.6 cm³/mol. The van der Waals surface area contributed by atoms with E-state index >= 15 is 0 Å². The van der Waals surface area contributed by atoms with Gasteiger partial charge in [-0.25, -0.2) is 9.97 Å². The maximum atomic E-state index is 11.3. The number of nitrogens with zero attached hydrogens (tertiary/aromatic N) is 2. The Morgan fingerprint density at radius 3 is 2.89 bits per heavy atom. The molecule has 0 aliphatic carbocycles. The highest BCUT2D eigenvalue weighted by molar-refractivity contribution is 5.96. The fourth-order valence-corrected chi connectivity index (χ4v) is 1.66. The van der Waals surface area contributed by atoms with Gasteiger partial charge in [0, 0.05) is 24.0 Å². The lowest BCUT2D eigenvalue weighted by atomic mass is 10.2. The summed E-state index contributed by atoms with van der Waals surface area (Å²) in [5.41, 5.74) is 6.75. The van der Waals surface area contributed by atoms with Crippen LogP contribution in [0.3, 0.4) is 0 Å². The maximum Gasteiger partial charge on any atom is 0.269 e. The van der Waals surface area contributed by atoms with E-state index in [0.29, 0.717) is 17.3 Å². The number of nitrogens with one attached hydrogen (secondary N) is 1. The third-order valence-electron chi connectivity index (χ3n) is 2.47. The van der Waals surface area contributed by atoms with E-state index in [1.54, 1.807) is 25.3 Å². The minimum Gasteiger partial charge on any atom is -0.497 e. The molecule has 0 saturated heterocycles. The van der Waals surface area contributed by atoms with Gasteiger partial charge in [-0.05, 0) is 19.1 Å². The number of nitrogens with two attached hydrogens (primary N) is 1. The highest BCUT2D eigenvalue weighted by atomic mass is 16.5. The molecule has 6 heteroatoms. The number of anilines is 2. The van der Waals surface area contributed by atoms with E-state index in [1.807, 2.05) is 13.0 Å². The van der Waals surface area contributed by atoms with Gasteiger partial charge in [0.15, 0.2) is 5.69 Å². The number of amides is 1. The van der Waals surface area contributed by atoms with Gasteiger partial charge in [-0.2, -0.15) is 0 Å². The van der Waals surface area contributed by atoms with Gasteiger partial charge in [0.1, 0.15) is 11.6 Å². The van der Waals surface area contributed by atoms with Gasteiger partial charge in [0.25, 0.3) is 5.91 Å². The molecule has 0 radical (unpaired) electrons. The molecular weight excluding hydrogens is 244 g/mol. The Morgan fingerprint density at radius 2 is 2.21 bits per heavy atom. The van der Waals surface area contributed by atoms with Crippen molar-refractivity contribution >= 4 is 17.4 Å². The summed E-state index contributed by atoms with van der Waals surface area (Å²) >= 11 is 0. The van der Waals surface area contributed by atoms with E-state index < -0.39 is 5.91 Å². The normalized spacial score (nSPS) is 10.0. The molecule has 0 fully saturated rings. The topological polar surface area (TPSA) is 90.1 Å². The van der Waals surface area contributed by atoms with Gasteiger partial charge in [-0.1, -0.05) is 0 Å². The van der Waals surface area contributed by atoms with Crippen LogP contribution in [0, 0.1) is 6.92 Å². The number of hydrogen-bond donors (Lipinski definition) is 2. The second kappa shape index (κ2) is 5.34. The number of pyridine rings is 2. The molecule has 0 aliphatic heterocycles. The smallest absolute Gasteiger partial charge is 0.269 e. The number of carbonyl (C=O) groups excluding carboxylic acids is 1. The van der Waals surface area contributed by atoms with Crippen molar-refractivity contribution in [2.75, 3.05) is 12.4 Å². The van der Waals surface area contributed by atoms with Gasteiger partial charge >= 0.3 is 0 Å². The van der Waals surface area contributed by atoms with Gasteiger partial charge in [0.2, 0.25) is 0 Å². The minimum absolute atomic E-state index is 0.171. The number of carbonyl (C=O) groups is 1. The van der Waals surface area contributed by atoms with Crippen molar-refractivity contribution in [3.63, 3.8) is 0 Å². The second-order valence-electron chi connectivity index (χ2n) is 3.92. The van der Waals surface area contributed by atoms with Crippen LogP contribution < -0.4 is 15.8 Å². The average Bonchev–Trinajstić information content (AvgIpc) is 2.38. The van der Waals surface area contributed by atoms with Gasteiger partial charge in [0.05, 0.1) is 12.8 Å². The van der Waals surface area contributed by atoms with Crippen LogP contribution in [0.1, 0.15) is 16.2 Å². The quantitative estimate of drug-likeness (QED) is 0.870. The Labute approximate surface area is 110 Å². The van der Waals surface area contributed by atoms with E-state index in [2.05, 4.69) is 15.3 Å². The summed E-state index contributed by atoms with van der Waals surface area (Å²) in [5, 5.41) is 3.01. The Hall–Kier alpha value is -2.63. The predicted octanol–water partition coefficient (Wildman–Crippen LogP) is 1.64. The Morgan fingerprint density at radius 1 is 1.42 bits per heavy atom. The molecule has 2 aromatic rings.